The number of β-amino-alcohol motifs (C(OH)–C–C–N with tert-alkyl or cyclic N) is 1. The van der Waals surface area contributed by atoms with Gasteiger partial charge in [-0.15, -0.1) is 0 Å². The van der Waals surface area contributed by atoms with E-state index in [-0.39, 0.29) is 11.3 Å². The summed E-state index contributed by atoms with van der Waals surface area (Å²) in [5.74, 6) is 0.753. The molecular weight excluding hydrogens is 476 g/mol. The molecule has 202 valence electrons. The number of nitrogens with one attached hydrogen (secondary N) is 1. The second kappa shape index (κ2) is 13.0. The van der Waals surface area contributed by atoms with Crippen LogP contribution in [0.15, 0.2) is 72.9 Å². The Morgan fingerprint density at radius 2 is 1.76 bits per heavy atom. The van der Waals surface area contributed by atoms with E-state index in [1.807, 2.05) is 66.7 Å². The molecule has 1 unspecified atom stereocenters. The molecule has 3 aromatic rings. The summed E-state index contributed by atoms with van der Waals surface area (Å²) < 4.78 is 5.70. The average Bonchev–Trinajstić information content (AvgIpc) is 3.15. The van der Waals surface area contributed by atoms with Gasteiger partial charge in [0.15, 0.2) is 0 Å². The molecular formula is C31H40N4O3. The molecule has 0 bridgehead atoms. The van der Waals surface area contributed by atoms with Crippen molar-refractivity contribution < 1.29 is 14.6 Å². The molecule has 0 radical (unpaired) electrons. The van der Waals surface area contributed by atoms with Crippen LogP contribution in [0.4, 0.5) is 11.5 Å². The van der Waals surface area contributed by atoms with Crippen LogP contribution in [0.2, 0.25) is 0 Å². The zero-order valence-corrected chi connectivity index (χ0v) is 22.8. The van der Waals surface area contributed by atoms with Gasteiger partial charge in [0.1, 0.15) is 5.82 Å². The Kier molecular flexibility index (Phi) is 9.50. The lowest BCUT2D eigenvalue weighted by Gasteiger charge is -2.24. The van der Waals surface area contributed by atoms with Crippen LogP contribution in [-0.2, 0) is 16.8 Å². The fraction of sp³-hybridized carbons (Fsp3) is 0.419. The Hall–Kier alpha value is -3.26. The molecule has 0 spiro atoms. The summed E-state index contributed by atoms with van der Waals surface area (Å²) in [5, 5.41) is 13.4. The molecule has 1 atom stereocenters. The van der Waals surface area contributed by atoms with Gasteiger partial charge in [0.25, 0.3) is 5.91 Å². The van der Waals surface area contributed by atoms with Crippen LogP contribution in [-0.4, -0.2) is 66.3 Å². The quantitative estimate of drug-likeness (QED) is 0.429. The maximum absolute atomic E-state index is 12.7. The number of nitrogens with zero attached hydrogens (tertiary/aromatic N) is 3. The highest BCUT2D eigenvalue weighted by molar-refractivity contribution is 6.04. The highest BCUT2D eigenvalue weighted by Gasteiger charge is 2.19. The summed E-state index contributed by atoms with van der Waals surface area (Å²) in [6.07, 6.45) is 2.19. The van der Waals surface area contributed by atoms with Crippen molar-refractivity contribution in [2.45, 2.75) is 45.3 Å². The third-order valence-electron chi connectivity index (χ3n) is 6.82. The van der Waals surface area contributed by atoms with Gasteiger partial charge < -0.3 is 20.1 Å². The molecule has 2 heterocycles. The number of aromatic nitrogens is 1. The highest BCUT2D eigenvalue weighted by atomic mass is 16.5. The van der Waals surface area contributed by atoms with E-state index >= 15 is 0 Å². The SMILES string of the molecule is CC(C)(C)c1ccc(C(=O)Nc2ccc(N3CCCN(CC(O)COCc4ccccc4)CC3)nc2)cc1. The van der Waals surface area contributed by atoms with E-state index in [0.717, 1.165) is 44.0 Å². The van der Waals surface area contributed by atoms with Gasteiger partial charge in [-0.25, -0.2) is 4.98 Å². The number of hydrogen-bond donors (Lipinski definition) is 2. The highest BCUT2D eigenvalue weighted by Crippen LogP contribution is 2.23. The molecule has 1 aromatic heterocycles. The van der Waals surface area contributed by atoms with Gasteiger partial charge in [-0.1, -0.05) is 63.2 Å². The van der Waals surface area contributed by atoms with Crippen LogP contribution in [0.5, 0.6) is 0 Å². The van der Waals surface area contributed by atoms with Gasteiger partial charge in [0.2, 0.25) is 0 Å². The first-order valence-corrected chi connectivity index (χ1v) is 13.4. The van der Waals surface area contributed by atoms with Gasteiger partial charge in [-0.3, -0.25) is 9.69 Å². The smallest absolute Gasteiger partial charge is 0.255 e. The van der Waals surface area contributed by atoms with Crippen LogP contribution in [0.1, 0.15) is 48.7 Å². The van der Waals surface area contributed by atoms with Crippen molar-refractivity contribution in [2.24, 2.45) is 0 Å². The third kappa shape index (κ3) is 8.12. The maximum Gasteiger partial charge on any atom is 0.255 e. The van der Waals surface area contributed by atoms with E-state index in [4.69, 9.17) is 4.74 Å². The van der Waals surface area contributed by atoms with E-state index in [1.165, 1.54) is 5.56 Å². The van der Waals surface area contributed by atoms with Gasteiger partial charge in [0, 0.05) is 31.7 Å². The van der Waals surface area contributed by atoms with E-state index in [1.54, 1.807) is 6.20 Å². The van der Waals surface area contributed by atoms with Crippen molar-refractivity contribution in [1.82, 2.24) is 9.88 Å². The molecule has 1 aliphatic rings. The number of aliphatic hydroxyl groups excluding tert-OH is 1. The van der Waals surface area contributed by atoms with Gasteiger partial charge in [0.05, 0.1) is 31.2 Å². The van der Waals surface area contributed by atoms with Crippen LogP contribution < -0.4 is 10.2 Å². The molecule has 1 saturated heterocycles. The number of rotatable bonds is 9. The standard InChI is InChI=1S/C31H40N4O3/c1-31(2,3)26-12-10-25(11-13-26)30(37)33-27-14-15-29(32-20-27)35-17-7-16-34(18-19-35)21-28(36)23-38-22-24-8-5-4-6-9-24/h4-6,8-15,20,28,36H,7,16-19,21-23H2,1-3H3,(H,33,37). The van der Waals surface area contributed by atoms with Gasteiger partial charge in [-0.05, 0) is 53.8 Å². The number of carbonyl (C=O) groups excluding carboxylic acids is 1. The Morgan fingerprint density at radius 3 is 2.45 bits per heavy atom. The lowest BCUT2D eigenvalue weighted by Crippen LogP contribution is -2.37. The number of anilines is 2. The summed E-state index contributed by atoms with van der Waals surface area (Å²) in [6, 6.07) is 21.6. The number of pyridine rings is 1. The van der Waals surface area contributed by atoms with E-state index in [2.05, 4.69) is 40.9 Å². The first-order chi connectivity index (χ1) is 18.3. The summed E-state index contributed by atoms with van der Waals surface area (Å²) in [4.78, 5) is 21.8. The molecule has 7 heteroatoms. The van der Waals surface area contributed by atoms with Crippen LogP contribution in [0, 0.1) is 0 Å². The van der Waals surface area contributed by atoms with Crippen molar-refractivity contribution in [1.29, 1.82) is 0 Å². The van der Waals surface area contributed by atoms with Gasteiger partial charge in [-0.2, -0.15) is 0 Å². The number of ether oxygens (including phenoxy) is 1. The Balaban J connectivity index is 1.22. The molecule has 0 aliphatic carbocycles. The predicted octanol–water partition coefficient (Wildman–Crippen LogP) is 4.72. The van der Waals surface area contributed by atoms with Crippen LogP contribution in [0.25, 0.3) is 0 Å². The lowest BCUT2D eigenvalue weighted by atomic mass is 9.87. The van der Waals surface area contributed by atoms with Gasteiger partial charge >= 0.3 is 0 Å². The third-order valence-corrected chi connectivity index (χ3v) is 6.82. The number of benzene rings is 2. The molecule has 7 nitrogen and oxygen atoms in total. The largest absolute Gasteiger partial charge is 0.389 e. The van der Waals surface area contributed by atoms with Crippen molar-refractivity contribution in [3.05, 3.63) is 89.6 Å². The summed E-state index contributed by atoms with van der Waals surface area (Å²) in [6.45, 7) is 11.4. The van der Waals surface area contributed by atoms with E-state index in [0.29, 0.717) is 31.0 Å². The van der Waals surface area contributed by atoms with Crippen molar-refractivity contribution in [2.75, 3.05) is 49.5 Å². The van der Waals surface area contributed by atoms with Crippen LogP contribution in [0.3, 0.4) is 0 Å². The Morgan fingerprint density at radius 1 is 1.00 bits per heavy atom. The molecule has 0 saturated carbocycles. The molecule has 1 fully saturated rings. The number of aliphatic hydroxyl groups is 1. The van der Waals surface area contributed by atoms with E-state index < -0.39 is 6.10 Å². The first-order valence-electron chi connectivity index (χ1n) is 13.4. The minimum absolute atomic E-state index is 0.0514. The second-order valence-electron chi connectivity index (χ2n) is 11.0. The minimum Gasteiger partial charge on any atom is -0.389 e. The summed E-state index contributed by atoms with van der Waals surface area (Å²) in [7, 11) is 0. The second-order valence-corrected chi connectivity index (χ2v) is 11.0. The predicted molar refractivity (Wildman–Crippen MR) is 153 cm³/mol. The van der Waals surface area contributed by atoms with Crippen molar-refractivity contribution in [3.63, 3.8) is 0 Å². The average molecular weight is 517 g/mol. The molecule has 2 aromatic carbocycles. The fourth-order valence-corrected chi connectivity index (χ4v) is 4.59. The molecule has 1 amide bonds. The summed E-state index contributed by atoms with van der Waals surface area (Å²) in [5.41, 5.74) is 3.66. The topological polar surface area (TPSA) is 77.9 Å². The number of carbonyl (C=O) groups is 1. The first kappa shape index (κ1) is 27.8. The zero-order valence-electron chi connectivity index (χ0n) is 22.8. The molecule has 38 heavy (non-hydrogen) atoms. The Labute approximate surface area is 226 Å². The number of hydrogen-bond acceptors (Lipinski definition) is 6. The van der Waals surface area contributed by atoms with Crippen molar-refractivity contribution >= 4 is 17.4 Å². The molecule has 4 rings (SSSR count). The van der Waals surface area contributed by atoms with Crippen LogP contribution >= 0.6 is 0 Å². The molecule has 1 aliphatic heterocycles. The monoisotopic (exact) mass is 516 g/mol. The Bertz CT molecular complexity index is 1140. The molecule has 2 N–H and O–H groups in total. The fourth-order valence-electron chi connectivity index (χ4n) is 4.59. The number of amides is 1. The lowest BCUT2D eigenvalue weighted by molar-refractivity contribution is 0.0109. The summed E-state index contributed by atoms with van der Waals surface area (Å²) >= 11 is 0. The zero-order chi connectivity index (χ0) is 27.0. The minimum atomic E-state index is -0.518. The van der Waals surface area contributed by atoms with E-state index in [9.17, 15) is 9.90 Å². The maximum atomic E-state index is 12.7. The normalized spacial score (nSPS) is 15.6. The van der Waals surface area contributed by atoms with Crippen molar-refractivity contribution in [3.8, 4) is 0 Å².